The molecule has 24 heavy (non-hydrogen) atoms. The number of hydrogen-bond acceptors (Lipinski definition) is 4. The molecule has 1 aromatic carbocycles. The van der Waals surface area contributed by atoms with Crippen LogP contribution in [0.5, 0.6) is 0 Å². The summed E-state index contributed by atoms with van der Waals surface area (Å²) in [5.41, 5.74) is 5.04. The molecule has 1 aromatic rings. The molecule has 2 amide bonds. The van der Waals surface area contributed by atoms with Crippen molar-refractivity contribution in [2.45, 2.75) is 45.3 Å². The van der Waals surface area contributed by atoms with E-state index >= 15 is 0 Å². The van der Waals surface area contributed by atoms with Gasteiger partial charge in [-0.25, -0.2) is 9.18 Å². The molecule has 7 heteroatoms. The zero-order valence-corrected chi connectivity index (χ0v) is 14.3. The zero-order chi connectivity index (χ0) is 17.9. The van der Waals surface area contributed by atoms with Crippen LogP contribution in [0.25, 0.3) is 0 Å². The van der Waals surface area contributed by atoms with Crippen molar-refractivity contribution < 1.29 is 18.7 Å². The van der Waals surface area contributed by atoms with Gasteiger partial charge in [-0.15, -0.1) is 0 Å². The Morgan fingerprint density at radius 3 is 2.75 bits per heavy atom. The van der Waals surface area contributed by atoms with Crippen LogP contribution in [0.4, 0.5) is 14.9 Å². The Kier molecular flexibility index (Phi) is 5.31. The molecule has 0 spiro atoms. The third-order valence-electron chi connectivity index (χ3n) is 3.78. The molecule has 0 aromatic heterocycles. The van der Waals surface area contributed by atoms with E-state index in [9.17, 15) is 14.0 Å². The van der Waals surface area contributed by atoms with Crippen LogP contribution in [-0.4, -0.2) is 41.6 Å². The number of hydrogen-bond donors (Lipinski definition) is 2. The lowest BCUT2D eigenvalue weighted by atomic mass is 10.1. The highest BCUT2D eigenvalue weighted by Gasteiger charge is 2.31. The highest BCUT2D eigenvalue weighted by atomic mass is 19.1. The van der Waals surface area contributed by atoms with Gasteiger partial charge < -0.3 is 20.7 Å². The highest BCUT2D eigenvalue weighted by molar-refractivity contribution is 5.94. The smallest absolute Gasteiger partial charge is 0.410 e. The average molecular weight is 337 g/mol. The molecule has 1 fully saturated rings. The number of primary amides is 1. The van der Waals surface area contributed by atoms with Crippen molar-refractivity contribution >= 4 is 17.7 Å². The minimum absolute atomic E-state index is 0.0121. The Morgan fingerprint density at radius 2 is 2.12 bits per heavy atom. The van der Waals surface area contributed by atoms with Crippen LogP contribution >= 0.6 is 0 Å². The van der Waals surface area contributed by atoms with Crippen LogP contribution in [0, 0.1) is 5.82 Å². The van der Waals surface area contributed by atoms with Crippen LogP contribution < -0.4 is 11.1 Å². The molecule has 0 saturated carbocycles. The maximum absolute atomic E-state index is 13.5. The maximum Gasteiger partial charge on any atom is 0.410 e. The number of benzene rings is 1. The van der Waals surface area contributed by atoms with Gasteiger partial charge in [0.1, 0.15) is 11.4 Å². The first kappa shape index (κ1) is 18.0. The third kappa shape index (κ3) is 4.59. The summed E-state index contributed by atoms with van der Waals surface area (Å²) < 4.78 is 18.9. The van der Waals surface area contributed by atoms with Crippen LogP contribution in [-0.2, 0) is 4.74 Å². The number of halogens is 1. The minimum Gasteiger partial charge on any atom is -0.444 e. The van der Waals surface area contributed by atoms with Crippen molar-refractivity contribution in [1.82, 2.24) is 4.90 Å². The molecule has 6 nitrogen and oxygen atoms in total. The molecule has 0 bridgehead atoms. The lowest BCUT2D eigenvalue weighted by molar-refractivity contribution is 0.0235. The second kappa shape index (κ2) is 7.07. The molecule has 0 radical (unpaired) electrons. The number of anilines is 1. The fraction of sp³-hybridized carbons (Fsp3) is 0.529. The van der Waals surface area contributed by atoms with Gasteiger partial charge in [0.2, 0.25) is 0 Å². The van der Waals surface area contributed by atoms with Gasteiger partial charge in [0, 0.05) is 18.8 Å². The van der Waals surface area contributed by atoms with Crippen LogP contribution in [0.3, 0.4) is 0 Å². The topological polar surface area (TPSA) is 84.7 Å². The van der Waals surface area contributed by atoms with Gasteiger partial charge in [-0.1, -0.05) is 0 Å². The first-order valence-corrected chi connectivity index (χ1v) is 8.00. The third-order valence-corrected chi connectivity index (χ3v) is 3.78. The second-order valence-corrected chi connectivity index (χ2v) is 6.91. The van der Waals surface area contributed by atoms with Gasteiger partial charge in [0.05, 0.1) is 11.6 Å². The fourth-order valence-corrected chi connectivity index (χ4v) is 2.67. The Bertz CT molecular complexity index is 628. The fourth-order valence-electron chi connectivity index (χ4n) is 2.67. The van der Waals surface area contributed by atoms with E-state index in [4.69, 9.17) is 10.5 Å². The molecule has 3 N–H and O–H groups in total. The number of carbonyl (C=O) groups excluding carboxylic acids is 2. The van der Waals surface area contributed by atoms with E-state index in [1.54, 1.807) is 4.90 Å². The van der Waals surface area contributed by atoms with Crippen molar-refractivity contribution in [3.05, 3.63) is 29.6 Å². The van der Waals surface area contributed by atoms with E-state index in [-0.39, 0.29) is 17.7 Å². The number of nitrogens with two attached hydrogens (primary N) is 1. The normalized spacial score (nSPS) is 17.7. The number of nitrogens with zero attached hydrogens (tertiary/aromatic N) is 1. The van der Waals surface area contributed by atoms with Gasteiger partial charge in [0.15, 0.2) is 0 Å². The summed E-state index contributed by atoms with van der Waals surface area (Å²) in [6.07, 6.45) is 1.43. The molecule has 0 aliphatic carbocycles. The molecule has 1 aliphatic heterocycles. The van der Waals surface area contributed by atoms with Crippen LogP contribution in [0.1, 0.15) is 44.0 Å². The first-order chi connectivity index (χ1) is 11.2. The first-order valence-electron chi connectivity index (χ1n) is 8.00. The molecule has 132 valence electrons. The van der Waals surface area contributed by atoms with Crippen LogP contribution in [0.2, 0.25) is 0 Å². The molecule has 2 rings (SSSR count). The minimum atomic E-state index is -0.813. The van der Waals surface area contributed by atoms with Crippen molar-refractivity contribution in [1.29, 1.82) is 0 Å². The summed E-state index contributed by atoms with van der Waals surface area (Å²) in [7, 11) is 0. The number of carbonyl (C=O) groups is 2. The van der Waals surface area contributed by atoms with Crippen molar-refractivity contribution in [3.8, 4) is 0 Å². The Morgan fingerprint density at radius 1 is 1.42 bits per heavy atom. The summed E-state index contributed by atoms with van der Waals surface area (Å²) in [5.74, 6) is -1.46. The predicted molar refractivity (Wildman–Crippen MR) is 89.4 cm³/mol. The molecule has 1 atom stereocenters. The van der Waals surface area contributed by atoms with E-state index in [0.717, 1.165) is 12.8 Å². The van der Waals surface area contributed by atoms with Gasteiger partial charge >= 0.3 is 6.09 Å². The Balaban J connectivity index is 1.99. The van der Waals surface area contributed by atoms with Crippen molar-refractivity contribution in [2.75, 3.05) is 18.4 Å². The molecular weight excluding hydrogens is 313 g/mol. The van der Waals surface area contributed by atoms with Gasteiger partial charge in [-0.05, 0) is 51.8 Å². The lowest BCUT2D eigenvalue weighted by Gasteiger charge is -2.29. The van der Waals surface area contributed by atoms with E-state index < -0.39 is 17.3 Å². The van der Waals surface area contributed by atoms with Crippen molar-refractivity contribution in [2.24, 2.45) is 5.73 Å². The van der Waals surface area contributed by atoms with E-state index in [1.165, 1.54) is 18.2 Å². The number of rotatable bonds is 4. The molecular formula is C17H24FN3O3. The monoisotopic (exact) mass is 337 g/mol. The highest BCUT2D eigenvalue weighted by Crippen LogP contribution is 2.22. The summed E-state index contributed by atoms with van der Waals surface area (Å²) in [5, 5.41) is 3.13. The zero-order valence-electron chi connectivity index (χ0n) is 14.3. The Hall–Kier alpha value is -2.31. The van der Waals surface area contributed by atoms with Gasteiger partial charge in [-0.2, -0.15) is 0 Å². The standard InChI is InChI=1S/C17H24FN3O3/c1-17(2,3)24-16(23)21-8-4-5-12(21)10-20-11-6-7-14(18)13(9-11)15(19)22/h6-7,9,12,20H,4-5,8,10H2,1-3H3,(H2,19,22). The van der Waals surface area contributed by atoms with E-state index in [1.807, 2.05) is 20.8 Å². The summed E-state index contributed by atoms with van der Waals surface area (Å²) in [6.45, 7) is 6.63. The Labute approximate surface area is 141 Å². The van der Waals surface area contributed by atoms with Crippen LogP contribution in [0.15, 0.2) is 18.2 Å². The number of amides is 2. The predicted octanol–water partition coefficient (Wildman–Crippen LogP) is 2.74. The average Bonchev–Trinajstić information content (AvgIpc) is 2.93. The largest absolute Gasteiger partial charge is 0.444 e. The number of ether oxygens (including phenoxy) is 1. The van der Waals surface area contributed by atoms with Gasteiger partial charge in [0.25, 0.3) is 5.91 Å². The number of likely N-dealkylation sites (tertiary alicyclic amines) is 1. The number of nitrogens with one attached hydrogen (secondary N) is 1. The lowest BCUT2D eigenvalue weighted by Crippen LogP contribution is -2.42. The summed E-state index contributed by atoms with van der Waals surface area (Å²) >= 11 is 0. The second-order valence-electron chi connectivity index (χ2n) is 6.91. The van der Waals surface area contributed by atoms with Gasteiger partial charge in [-0.3, -0.25) is 4.79 Å². The molecule has 1 saturated heterocycles. The quantitative estimate of drug-likeness (QED) is 0.885. The molecule has 1 unspecified atom stereocenters. The van der Waals surface area contributed by atoms with Crippen molar-refractivity contribution in [3.63, 3.8) is 0 Å². The summed E-state index contributed by atoms with van der Waals surface area (Å²) in [4.78, 5) is 25.1. The van der Waals surface area contributed by atoms with E-state index in [2.05, 4.69) is 5.32 Å². The summed E-state index contributed by atoms with van der Waals surface area (Å²) in [6, 6.07) is 4.10. The molecule has 1 heterocycles. The van der Waals surface area contributed by atoms with E-state index in [0.29, 0.717) is 18.8 Å². The SMILES string of the molecule is CC(C)(C)OC(=O)N1CCCC1CNc1ccc(F)c(C(N)=O)c1. The maximum atomic E-state index is 13.5. The molecule has 1 aliphatic rings.